The molecule has 0 saturated heterocycles. The number of carbonyl (C=O) groups excluding carboxylic acids is 2. The number of hydrogen-bond acceptors (Lipinski definition) is 5. The van der Waals surface area contributed by atoms with E-state index in [1.54, 1.807) is 24.3 Å². The number of carbonyl (C=O) groups is 2. The summed E-state index contributed by atoms with van der Waals surface area (Å²) >= 11 is 0. The van der Waals surface area contributed by atoms with Gasteiger partial charge in [0, 0.05) is 11.6 Å². The maximum atomic E-state index is 13.1. The molecule has 0 fully saturated rings. The van der Waals surface area contributed by atoms with E-state index < -0.39 is 28.0 Å². The van der Waals surface area contributed by atoms with Crippen molar-refractivity contribution in [2.24, 2.45) is 0 Å². The third-order valence-corrected chi connectivity index (χ3v) is 6.63. The van der Waals surface area contributed by atoms with Crippen molar-refractivity contribution in [3.8, 4) is 11.5 Å². The fourth-order valence-electron chi connectivity index (χ4n) is 3.19. The fourth-order valence-corrected chi connectivity index (χ4v) is 4.61. The number of aldehydes is 1. The molecule has 1 amide bonds. The molecule has 3 aromatic carbocycles. The summed E-state index contributed by atoms with van der Waals surface area (Å²) in [6.45, 7) is 1.41. The second-order valence-corrected chi connectivity index (χ2v) is 9.37. The smallest absolute Gasteiger partial charge is 0.457 e. The van der Waals surface area contributed by atoms with Crippen molar-refractivity contribution in [2.45, 2.75) is 35.4 Å². The van der Waals surface area contributed by atoms with Gasteiger partial charge in [0.2, 0.25) is 9.84 Å². The number of sulfone groups is 1. The predicted molar refractivity (Wildman–Crippen MR) is 118 cm³/mol. The summed E-state index contributed by atoms with van der Waals surface area (Å²) in [6.07, 6.45) is -4.50. The van der Waals surface area contributed by atoms with E-state index in [1.807, 2.05) is 11.4 Å². The minimum absolute atomic E-state index is 0.0628. The molecule has 0 radical (unpaired) electrons. The number of benzene rings is 3. The first-order valence-corrected chi connectivity index (χ1v) is 11.5. The maximum absolute atomic E-state index is 13.1. The van der Waals surface area contributed by atoms with Crippen LogP contribution >= 0.6 is 0 Å². The molecule has 3 aromatic rings. The number of alkyl halides is 3. The van der Waals surface area contributed by atoms with Crippen molar-refractivity contribution in [1.82, 2.24) is 5.32 Å². The van der Waals surface area contributed by atoms with E-state index >= 15 is 0 Å². The van der Waals surface area contributed by atoms with Gasteiger partial charge in [-0.25, -0.2) is 8.42 Å². The molecular formula is C24H20F3NO5S. The molecule has 0 bridgehead atoms. The maximum Gasteiger partial charge on any atom is 0.471 e. The largest absolute Gasteiger partial charge is 0.471 e. The third kappa shape index (κ3) is 6.02. The minimum Gasteiger partial charge on any atom is -0.457 e. The van der Waals surface area contributed by atoms with Crippen LogP contribution in [-0.2, 0) is 21.1 Å². The lowest BCUT2D eigenvalue weighted by Crippen LogP contribution is -2.42. The highest BCUT2D eigenvalue weighted by atomic mass is 32.2. The van der Waals surface area contributed by atoms with Gasteiger partial charge in [-0.2, -0.15) is 13.2 Å². The van der Waals surface area contributed by atoms with Gasteiger partial charge in [0.25, 0.3) is 0 Å². The average Bonchev–Trinajstić information content (AvgIpc) is 2.79. The Bertz CT molecular complexity index is 1270. The number of halogens is 3. The topological polar surface area (TPSA) is 89.5 Å². The average molecular weight is 491 g/mol. The van der Waals surface area contributed by atoms with E-state index in [0.717, 1.165) is 0 Å². The molecule has 178 valence electrons. The molecule has 0 aliphatic rings. The van der Waals surface area contributed by atoms with E-state index in [4.69, 9.17) is 4.74 Å². The van der Waals surface area contributed by atoms with Gasteiger partial charge in [0.1, 0.15) is 11.5 Å². The number of amides is 1. The first-order valence-electron chi connectivity index (χ1n) is 10.0. The van der Waals surface area contributed by atoms with Gasteiger partial charge >= 0.3 is 12.1 Å². The van der Waals surface area contributed by atoms with Crippen LogP contribution in [0.5, 0.6) is 11.5 Å². The standard InChI is InChI=1S/C24H20F3NO5S/c1-16(28-23(30)24(25,26)27)13-17-7-10-21(11-8-17)34(31,32)22-12-9-20(14-18(22)15-29)33-19-5-3-2-4-6-19/h2-12,14-16H,13H2,1H3,(H,28,30). The third-order valence-electron chi connectivity index (χ3n) is 4.79. The monoisotopic (exact) mass is 491 g/mol. The number of rotatable bonds is 8. The molecule has 0 aliphatic heterocycles. The number of hydrogen-bond donors (Lipinski definition) is 1. The summed E-state index contributed by atoms with van der Waals surface area (Å²) in [6, 6.07) is 17.5. The lowest BCUT2D eigenvalue weighted by Gasteiger charge is -2.15. The van der Waals surface area contributed by atoms with Crippen LogP contribution < -0.4 is 10.1 Å². The summed E-state index contributed by atoms with van der Waals surface area (Å²) in [5.41, 5.74) is 0.442. The molecule has 0 aromatic heterocycles. The SMILES string of the molecule is CC(Cc1ccc(S(=O)(=O)c2ccc(Oc3ccccc3)cc2C=O)cc1)NC(=O)C(F)(F)F. The zero-order valence-corrected chi connectivity index (χ0v) is 18.7. The highest BCUT2D eigenvalue weighted by Gasteiger charge is 2.39. The summed E-state index contributed by atoms with van der Waals surface area (Å²) in [5.74, 6) is -1.23. The van der Waals surface area contributed by atoms with Gasteiger partial charge in [-0.05, 0) is 61.4 Å². The van der Waals surface area contributed by atoms with Crippen molar-refractivity contribution in [3.05, 3.63) is 83.9 Å². The molecule has 0 heterocycles. The van der Waals surface area contributed by atoms with Crippen molar-refractivity contribution in [3.63, 3.8) is 0 Å². The van der Waals surface area contributed by atoms with Crippen LogP contribution in [0.2, 0.25) is 0 Å². The molecule has 0 aliphatic carbocycles. The first-order chi connectivity index (χ1) is 16.0. The van der Waals surface area contributed by atoms with Gasteiger partial charge in [0.05, 0.1) is 9.79 Å². The Balaban J connectivity index is 1.78. The van der Waals surface area contributed by atoms with Gasteiger partial charge in [-0.1, -0.05) is 30.3 Å². The molecule has 1 N–H and O–H groups in total. The Labute approximate surface area is 194 Å². The van der Waals surface area contributed by atoms with Gasteiger partial charge in [-0.15, -0.1) is 0 Å². The molecule has 34 heavy (non-hydrogen) atoms. The number of ether oxygens (including phenoxy) is 1. The van der Waals surface area contributed by atoms with Gasteiger partial charge in [0.15, 0.2) is 6.29 Å². The molecular weight excluding hydrogens is 471 g/mol. The molecule has 0 spiro atoms. The highest BCUT2D eigenvalue weighted by molar-refractivity contribution is 7.91. The Hall–Kier alpha value is -3.66. The number of para-hydroxylation sites is 1. The van der Waals surface area contributed by atoms with Crippen LogP contribution in [-0.4, -0.2) is 32.8 Å². The Kier molecular flexibility index (Phi) is 7.41. The molecule has 10 heteroatoms. The van der Waals surface area contributed by atoms with Crippen LogP contribution in [0, 0.1) is 0 Å². The van der Waals surface area contributed by atoms with Crippen LogP contribution in [0.25, 0.3) is 0 Å². The normalized spacial score (nSPS) is 12.6. The lowest BCUT2D eigenvalue weighted by atomic mass is 10.1. The zero-order chi connectivity index (χ0) is 24.9. The van der Waals surface area contributed by atoms with Gasteiger partial charge in [-0.3, -0.25) is 9.59 Å². The second-order valence-electron chi connectivity index (χ2n) is 7.46. The molecule has 0 saturated carbocycles. The van der Waals surface area contributed by atoms with E-state index in [2.05, 4.69) is 0 Å². The predicted octanol–water partition coefficient (Wildman–Crippen LogP) is 4.73. The Morgan fingerprint density at radius 3 is 2.24 bits per heavy atom. The zero-order valence-electron chi connectivity index (χ0n) is 17.9. The Morgan fingerprint density at radius 1 is 1.00 bits per heavy atom. The van der Waals surface area contributed by atoms with Crippen molar-refractivity contribution < 1.29 is 35.9 Å². The minimum atomic E-state index is -4.98. The second kappa shape index (κ2) is 10.1. The fraction of sp³-hybridized carbons (Fsp3) is 0.167. The van der Waals surface area contributed by atoms with E-state index in [9.17, 15) is 31.2 Å². The van der Waals surface area contributed by atoms with Crippen LogP contribution in [0.3, 0.4) is 0 Å². The van der Waals surface area contributed by atoms with Gasteiger partial charge < -0.3 is 10.1 Å². The van der Waals surface area contributed by atoms with Crippen molar-refractivity contribution in [2.75, 3.05) is 0 Å². The summed E-state index contributed by atoms with van der Waals surface area (Å²) < 4.78 is 69.0. The summed E-state index contributed by atoms with van der Waals surface area (Å²) in [5, 5.41) is 1.84. The van der Waals surface area contributed by atoms with E-state index in [0.29, 0.717) is 17.6 Å². The molecule has 1 atom stereocenters. The van der Waals surface area contributed by atoms with Crippen molar-refractivity contribution >= 4 is 22.0 Å². The summed E-state index contributed by atoms with van der Waals surface area (Å²) in [7, 11) is -4.06. The van der Waals surface area contributed by atoms with Crippen molar-refractivity contribution in [1.29, 1.82) is 0 Å². The van der Waals surface area contributed by atoms with Crippen LogP contribution in [0.15, 0.2) is 82.6 Å². The summed E-state index contributed by atoms with van der Waals surface area (Å²) in [4.78, 5) is 22.3. The quantitative estimate of drug-likeness (QED) is 0.460. The highest BCUT2D eigenvalue weighted by Crippen LogP contribution is 2.29. The molecule has 1 unspecified atom stereocenters. The van der Waals surface area contributed by atoms with Crippen LogP contribution in [0.4, 0.5) is 13.2 Å². The van der Waals surface area contributed by atoms with E-state index in [1.165, 1.54) is 49.4 Å². The molecule has 6 nitrogen and oxygen atoms in total. The lowest BCUT2D eigenvalue weighted by molar-refractivity contribution is -0.174. The number of nitrogens with one attached hydrogen (secondary N) is 1. The first kappa shape index (κ1) is 25.0. The van der Waals surface area contributed by atoms with E-state index in [-0.39, 0.29) is 27.5 Å². The molecule has 3 rings (SSSR count). The Morgan fingerprint density at radius 2 is 1.65 bits per heavy atom. The van der Waals surface area contributed by atoms with Crippen LogP contribution in [0.1, 0.15) is 22.8 Å².